The van der Waals surface area contributed by atoms with Crippen molar-refractivity contribution in [3.05, 3.63) is 35.6 Å². The summed E-state index contributed by atoms with van der Waals surface area (Å²) in [6, 6.07) is 6.15. The van der Waals surface area contributed by atoms with Crippen LogP contribution < -0.4 is 0 Å². The van der Waals surface area contributed by atoms with Crippen molar-refractivity contribution in [3.63, 3.8) is 0 Å². The van der Waals surface area contributed by atoms with Crippen LogP contribution in [0.25, 0.3) is 0 Å². The second-order valence-electron chi connectivity index (χ2n) is 3.72. The number of benzene rings is 1. The van der Waals surface area contributed by atoms with Crippen LogP contribution >= 0.6 is 0 Å². The van der Waals surface area contributed by atoms with E-state index in [2.05, 4.69) is 0 Å². The van der Waals surface area contributed by atoms with Gasteiger partial charge in [-0.2, -0.15) is 0 Å². The molecule has 2 rings (SSSR count). The Balaban J connectivity index is 2.47. The Morgan fingerprint density at radius 3 is 2.43 bits per heavy atom. The summed E-state index contributed by atoms with van der Waals surface area (Å²) >= 11 is 0. The van der Waals surface area contributed by atoms with Crippen LogP contribution in [0.2, 0.25) is 0 Å². The summed E-state index contributed by atoms with van der Waals surface area (Å²) in [5, 5.41) is 9.09. The molecule has 1 aromatic carbocycles. The fourth-order valence-electron chi connectivity index (χ4n) is 1.98. The van der Waals surface area contributed by atoms with Gasteiger partial charge >= 0.3 is 5.97 Å². The van der Waals surface area contributed by atoms with Gasteiger partial charge in [0.2, 0.25) is 0 Å². The zero-order valence-electron chi connectivity index (χ0n) is 7.66. The Kier molecular flexibility index (Phi) is 2.02. The standard InChI is InChI=1S/C11H11FO2/c12-9-5-2-1-4-8(9)11(10(13)14)6-3-7-11/h1-2,4-5H,3,6-7H2,(H,13,14). The van der Waals surface area contributed by atoms with Crippen molar-refractivity contribution in [1.82, 2.24) is 0 Å². The summed E-state index contributed by atoms with van der Waals surface area (Å²) in [6.07, 6.45) is 1.95. The lowest BCUT2D eigenvalue weighted by molar-refractivity contribution is -0.147. The van der Waals surface area contributed by atoms with Gasteiger partial charge in [0.25, 0.3) is 0 Å². The van der Waals surface area contributed by atoms with E-state index in [4.69, 9.17) is 5.11 Å². The summed E-state index contributed by atoms with van der Waals surface area (Å²) in [4.78, 5) is 11.1. The first kappa shape index (κ1) is 9.19. The maximum absolute atomic E-state index is 13.4. The van der Waals surface area contributed by atoms with Gasteiger partial charge in [-0.25, -0.2) is 4.39 Å². The van der Waals surface area contributed by atoms with E-state index in [0.717, 1.165) is 6.42 Å². The van der Waals surface area contributed by atoms with Crippen LogP contribution in [0.4, 0.5) is 4.39 Å². The monoisotopic (exact) mass is 194 g/mol. The van der Waals surface area contributed by atoms with E-state index in [-0.39, 0.29) is 0 Å². The number of hydrogen-bond donors (Lipinski definition) is 1. The lowest BCUT2D eigenvalue weighted by atomic mass is 9.64. The predicted molar refractivity (Wildman–Crippen MR) is 49.6 cm³/mol. The minimum absolute atomic E-state index is 0.332. The summed E-state index contributed by atoms with van der Waals surface area (Å²) in [6.45, 7) is 0. The SMILES string of the molecule is O=C(O)C1(c2ccccc2F)CCC1. The Bertz CT molecular complexity index is 369. The van der Waals surface area contributed by atoms with Gasteiger partial charge in [-0.1, -0.05) is 24.6 Å². The summed E-state index contributed by atoms with van der Waals surface area (Å²) in [7, 11) is 0. The van der Waals surface area contributed by atoms with Crippen molar-refractivity contribution in [2.24, 2.45) is 0 Å². The number of carbonyl (C=O) groups is 1. The van der Waals surface area contributed by atoms with Crippen molar-refractivity contribution in [2.75, 3.05) is 0 Å². The van der Waals surface area contributed by atoms with Crippen molar-refractivity contribution in [2.45, 2.75) is 24.7 Å². The number of aliphatic carboxylic acids is 1. The molecule has 1 saturated carbocycles. The minimum atomic E-state index is -0.953. The van der Waals surface area contributed by atoms with Crippen LogP contribution in [0, 0.1) is 5.82 Å². The van der Waals surface area contributed by atoms with Crippen LogP contribution in [0.5, 0.6) is 0 Å². The van der Waals surface area contributed by atoms with E-state index >= 15 is 0 Å². The average Bonchev–Trinajstić information content (AvgIpc) is 2.05. The van der Waals surface area contributed by atoms with Crippen LogP contribution in [0.3, 0.4) is 0 Å². The molecule has 1 aliphatic carbocycles. The fourth-order valence-corrected chi connectivity index (χ4v) is 1.98. The Labute approximate surface area is 81.4 Å². The lowest BCUT2D eigenvalue weighted by Gasteiger charge is -2.38. The number of hydrogen-bond acceptors (Lipinski definition) is 1. The van der Waals surface area contributed by atoms with Crippen molar-refractivity contribution in [1.29, 1.82) is 0 Å². The molecular weight excluding hydrogens is 183 g/mol. The normalized spacial score (nSPS) is 18.6. The number of carboxylic acid groups (broad SMARTS) is 1. The molecule has 1 aliphatic rings. The highest BCUT2D eigenvalue weighted by atomic mass is 19.1. The molecule has 3 heteroatoms. The Morgan fingerprint density at radius 2 is 2.00 bits per heavy atom. The molecule has 2 nitrogen and oxygen atoms in total. The molecule has 0 aliphatic heterocycles. The maximum atomic E-state index is 13.4. The van der Waals surface area contributed by atoms with Gasteiger partial charge < -0.3 is 5.11 Å². The quantitative estimate of drug-likeness (QED) is 0.784. The molecule has 0 heterocycles. The Morgan fingerprint density at radius 1 is 1.36 bits per heavy atom. The third kappa shape index (κ3) is 1.12. The zero-order chi connectivity index (χ0) is 10.2. The molecule has 1 N–H and O–H groups in total. The van der Waals surface area contributed by atoms with Gasteiger partial charge in [-0.3, -0.25) is 4.79 Å². The smallest absolute Gasteiger partial charge is 0.314 e. The van der Waals surface area contributed by atoms with Crippen LogP contribution in [-0.2, 0) is 10.2 Å². The Hall–Kier alpha value is -1.38. The van der Waals surface area contributed by atoms with Crippen molar-refractivity contribution < 1.29 is 14.3 Å². The molecule has 0 unspecified atom stereocenters. The highest BCUT2D eigenvalue weighted by Gasteiger charge is 2.47. The largest absolute Gasteiger partial charge is 0.481 e. The predicted octanol–water partition coefficient (Wildman–Crippen LogP) is 2.33. The van der Waals surface area contributed by atoms with Gasteiger partial charge in [0, 0.05) is 5.56 Å². The second kappa shape index (κ2) is 3.08. The summed E-state index contributed by atoms with van der Waals surface area (Å²) in [5.74, 6) is -1.32. The van der Waals surface area contributed by atoms with Crippen molar-refractivity contribution >= 4 is 5.97 Å². The maximum Gasteiger partial charge on any atom is 0.314 e. The van der Waals surface area contributed by atoms with Gasteiger partial charge in [-0.15, -0.1) is 0 Å². The van der Waals surface area contributed by atoms with Gasteiger partial charge in [0.1, 0.15) is 5.82 Å². The molecule has 0 aromatic heterocycles. The van der Waals surface area contributed by atoms with Crippen LogP contribution in [-0.4, -0.2) is 11.1 Å². The van der Waals surface area contributed by atoms with Crippen molar-refractivity contribution in [3.8, 4) is 0 Å². The molecule has 0 radical (unpaired) electrons. The third-order valence-corrected chi connectivity index (χ3v) is 3.01. The van der Waals surface area contributed by atoms with E-state index in [1.807, 2.05) is 0 Å². The first-order chi connectivity index (χ1) is 6.67. The number of carboxylic acids is 1. The zero-order valence-corrected chi connectivity index (χ0v) is 7.66. The molecule has 74 valence electrons. The molecular formula is C11H11FO2. The molecule has 0 saturated heterocycles. The van der Waals surface area contributed by atoms with Crippen LogP contribution in [0.1, 0.15) is 24.8 Å². The average molecular weight is 194 g/mol. The van der Waals surface area contributed by atoms with Gasteiger partial charge in [0.15, 0.2) is 0 Å². The van der Waals surface area contributed by atoms with E-state index in [1.165, 1.54) is 6.07 Å². The molecule has 0 amide bonds. The van der Waals surface area contributed by atoms with Gasteiger partial charge in [-0.05, 0) is 18.9 Å². The lowest BCUT2D eigenvalue weighted by Crippen LogP contribution is -2.43. The number of halogens is 1. The summed E-state index contributed by atoms with van der Waals surface area (Å²) in [5.41, 5.74) is -0.621. The second-order valence-corrected chi connectivity index (χ2v) is 3.72. The molecule has 1 fully saturated rings. The number of rotatable bonds is 2. The first-order valence-electron chi connectivity index (χ1n) is 4.65. The highest BCUT2D eigenvalue weighted by Crippen LogP contribution is 2.44. The topological polar surface area (TPSA) is 37.3 Å². The fraction of sp³-hybridized carbons (Fsp3) is 0.364. The van der Waals surface area contributed by atoms with Crippen LogP contribution in [0.15, 0.2) is 24.3 Å². The van der Waals surface area contributed by atoms with E-state index in [0.29, 0.717) is 18.4 Å². The van der Waals surface area contributed by atoms with E-state index < -0.39 is 17.2 Å². The van der Waals surface area contributed by atoms with E-state index in [1.54, 1.807) is 18.2 Å². The summed E-state index contributed by atoms with van der Waals surface area (Å²) < 4.78 is 13.4. The molecule has 1 aromatic rings. The highest BCUT2D eigenvalue weighted by molar-refractivity contribution is 5.82. The van der Waals surface area contributed by atoms with Gasteiger partial charge in [0.05, 0.1) is 5.41 Å². The molecule has 0 atom stereocenters. The molecule has 14 heavy (non-hydrogen) atoms. The molecule has 0 bridgehead atoms. The minimum Gasteiger partial charge on any atom is -0.481 e. The molecule has 0 spiro atoms. The third-order valence-electron chi connectivity index (χ3n) is 3.01. The first-order valence-corrected chi connectivity index (χ1v) is 4.65. The van der Waals surface area contributed by atoms with E-state index in [9.17, 15) is 9.18 Å².